The van der Waals surface area contributed by atoms with E-state index in [2.05, 4.69) is 22.5 Å². The van der Waals surface area contributed by atoms with Crippen molar-refractivity contribution in [3.8, 4) is 11.8 Å². The van der Waals surface area contributed by atoms with E-state index in [-0.39, 0.29) is 48.3 Å². The van der Waals surface area contributed by atoms with Crippen LogP contribution in [0.2, 0.25) is 5.02 Å². The van der Waals surface area contributed by atoms with E-state index in [0.29, 0.717) is 11.1 Å². The number of piperidine rings is 1. The second kappa shape index (κ2) is 9.37. The summed E-state index contributed by atoms with van der Waals surface area (Å²) in [7, 11) is 0. The van der Waals surface area contributed by atoms with Gasteiger partial charge < -0.3 is 15.3 Å². The average molecular weight is 480 g/mol. The Labute approximate surface area is 199 Å². The molecule has 0 saturated carbocycles. The third kappa shape index (κ3) is 4.77. The zero-order valence-electron chi connectivity index (χ0n) is 17.7. The van der Waals surface area contributed by atoms with Crippen molar-refractivity contribution >= 4 is 41.2 Å². The van der Waals surface area contributed by atoms with E-state index in [1.807, 2.05) is 0 Å². The lowest BCUT2D eigenvalue weighted by atomic mass is 10.0. The number of imide groups is 1. The first-order valence-corrected chi connectivity index (χ1v) is 10.7. The number of hydrogen-bond acceptors (Lipinski definition) is 5. The van der Waals surface area contributed by atoms with Crippen molar-refractivity contribution in [1.82, 2.24) is 15.5 Å². The van der Waals surface area contributed by atoms with Crippen LogP contribution in [-0.2, 0) is 27.5 Å². The quantitative estimate of drug-likeness (QED) is 0.449. The first-order chi connectivity index (χ1) is 16.2. The van der Waals surface area contributed by atoms with Gasteiger partial charge in [0.25, 0.3) is 11.8 Å². The van der Waals surface area contributed by atoms with Gasteiger partial charge in [0.05, 0.1) is 10.6 Å². The molecule has 0 radical (unpaired) electrons. The summed E-state index contributed by atoms with van der Waals surface area (Å²) in [6.07, 6.45) is 0.468. The molecule has 172 valence electrons. The van der Waals surface area contributed by atoms with Gasteiger partial charge in [-0.15, -0.1) is 0 Å². The number of fused-ring (bicyclic) bond motifs is 1. The summed E-state index contributed by atoms with van der Waals surface area (Å²) < 4.78 is 0. The van der Waals surface area contributed by atoms with E-state index < -0.39 is 23.8 Å². The maximum atomic E-state index is 12.7. The molecule has 0 aliphatic carbocycles. The highest BCUT2D eigenvalue weighted by atomic mass is 35.5. The van der Waals surface area contributed by atoms with Crippen molar-refractivity contribution in [2.75, 3.05) is 0 Å². The molecule has 1 saturated heterocycles. The smallest absolute Gasteiger partial charge is 0.337 e. The molecule has 2 aliphatic heterocycles. The molecule has 4 amide bonds. The highest BCUT2D eigenvalue weighted by molar-refractivity contribution is 6.33. The molecule has 0 spiro atoms. The lowest BCUT2D eigenvalue weighted by Gasteiger charge is -2.29. The second-order valence-corrected chi connectivity index (χ2v) is 8.23. The minimum atomic E-state index is -1.19. The zero-order chi connectivity index (χ0) is 24.4. The summed E-state index contributed by atoms with van der Waals surface area (Å²) >= 11 is 5.82. The van der Waals surface area contributed by atoms with Crippen LogP contribution < -0.4 is 10.6 Å². The average Bonchev–Trinajstić information content (AvgIpc) is 3.12. The van der Waals surface area contributed by atoms with Crippen LogP contribution in [0.15, 0.2) is 36.4 Å². The second-order valence-electron chi connectivity index (χ2n) is 7.82. The molecule has 2 aliphatic rings. The topological polar surface area (TPSA) is 133 Å². The van der Waals surface area contributed by atoms with Crippen molar-refractivity contribution in [2.45, 2.75) is 32.0 Å². The Hall–Kier alpha value is -4.16. The summed E-state index contributed by atoms with van der Waals surface area (Å²) in [4.78, 5) is 61.0. The van der Waals surface area contributed by atoms with Crippen molar-refractivity contribution in [2.24, 2.45) is 0 Å². The van der Waals surface area contributed by atoms with Crippen molar-refractivity contribution in [3.63, 3.8) is 0 Å². The summed E-state index contributed by atoms with van der Waals surface area (Å²) in [6.45, 7) is 0.402. The number of carboxylic acids is 1. The Balaban J connectivity index is 1.39. The first-order valence-electron chi connectivity index (χ1n) is 10.3. The van der Waals surface area contributed by atoms with Gasteiger partial charge in [0.2, 0.25) is 11.8 Å². The van der Waals surface area contributed by atoms with Gasteiger partial charge in [-0.1, -0.05) is 29.7 Å². The van der Waals surface area contributed by atoms with E-state index >= 15 is 0 Å². The minimum Gasteiger partial charge on any atom is -0.478 e. The van der Waals surface area contributed by atoms with E-state index in [1.165, 1.54) is 23.1 Å². The molecule has 10 heteroatoms. The van der Waals surface area contributed by atoms with Crippen LogP contribution >= 0.6 is 11.6 Å². The fourth-order valence-corrected chi connectivity index (χ4v) is 4.06. The van der Waals surface area contributed by atoms with Crippen LogP contribution in [0.25, 0.3) is 0 Å². The van der Waals surface area contributed by atoms with Crippen molar-refractivity contribution in [3.05, 3.63) is 69.2 Å². The maximum Gasteiger partial charge on any atom is 0.337 e. The summed E-state index contributed by atoms with van der Waals surface area (Å²) in [5.74, 6) is 2.17. The number of amides is 4. The Morgan fingerprint density at radius 3 is 2.71 bits per heavy atom. The number of nitrogens with zero attached hydrogens (tertiary/aromatic N) is 1. The third-order valence-electron chi connectivity index (χ3n) is 5.56. The lowest BCUT2D eigenvalue weighted by molar-refractivity contribution is -0.137. The number of nitrogens with one attached hydrogen (secondary N) is 2. The third-order valence-corrected chi connectivity index (χ3v) is 5.89. The van der Waals surface area contributed by atoms with Gasteiger partial charge in [-0.2, -0.15) is 0 Å². The summed E-state index contributed by atoms with van der Waals surface area (Å²) in [5, 5.41) is 14.1. The van der Waals surface area contributed by atoms with E-state index in [4.69, 9.17) is 16.7 Å². The Morgan fingerprint density at radius 2 is 1.97 bits per heavy atom. The van der Waals surface area contributed by atoms with Gasteiger partial charge in [0.15, 0.2) is 0 Å². The minimum absolute atomic E-state index is 0.0776. The van der Waals surface area contributed by atoms with Gasteiger partial charge in [-0.05, 0) is 41.8 Å². The number of rotatable bonds is 4. The normalized spacial score (nSPS) is 16.9. The first kappa shape index (κ1) is 23.0. The number of benzene rings is 2. The van der Waals surface area contributed by atoms with Crippen LogP contribution in [0.3, 0.4) is 0 Å². The number of carbonyl (C=O) groups excluding carboxylic acids is 4. The molecule has 3 N–H and O–H groups in total. The molecule has 0 bridgehead atoms. The van der Waals surface area contributed by atoms with Crippen LogP contribution in [0.4, 0.5) is 0 Å². The Kier molecular flexibility index (Phi) is 6.34. The van der Waals surface area contributed by atoms with E-state index in [1.54, 1.807) is 18.2 Å². The maximum absolute atomic E-state index is 12.7. The van der Waals surface area contributed by atoms with Crippen LogP contribution in [0, 0.1) is 11.8 Å². The van der Waals surface area contributed by atoms with Crippen LogP contribution in [-0.4, -0.2) is 45.6 Å². The predicted molar refractivity (Wildman–Crippen MR) is 120 cm³/mol. The number of hydrogen-bond donors (Lipinski definition) is 3. The summed E-state index contributed by atoms with van der Waals surface area (Å²) in [5.41, 5.74) is 2.19. The monoisotopic (exact) mass is 479 g/mol. The van der Waals surface area contributed by atoms with E-state index in [0.717, 1.165) is 11.1 Å². The Morgan fingerprint density at radius 1 is 1.18 bits per heavy atom. The highest BCUT2D eigenvalue weighted by Crippen LogP contribution is 2.28. The number of halogens is 1. The molecular formula is C24H18ClN3O6. The lowest BCUT2D eigenvalue weighted by Crippen LogP contribution is -2.52. The van der Waals surface area contributed by atoms with Crippen LogP contribution in [0.5, 0.6) is 0 Å². The number of aromatic carboxylic acids is 1. The largest absolute Gasteiger partial charge is 0.478 e. The van der Waals surface area contributed by atoms with Gasteiger partial charge in [0, 0.05) is 36.6 Å². The fourth-order valence-electron chi connectivity index (χ4n) is 3.86. The number of carboxylic acid groups (broad SMARTS) is 1. The van der Waals surface area contributed by atoms with E-state index in [9.17, 15) is 24.0 Å². The SMILES string of the molecule is O=C(C#Cc1ccc(Cl)c(C(=O)O)c1)NCc1ccc2c(c1)CN(C1CCC(=O)NC1=O)C2=O. The fraction of sp³-hybridized carbons (Fsp3) is 0.208. The Bertz CT molecular complexity index is 1310. The molecule has 1 unspecified atom stereocenters. The molecule has 0 aromatic heterocycles. The molecule has 2 heterocycles. The molecule has 4 rings (SSSR count). The van der Waals surface area contributed by atoms with Gasteiger partial charge in [-0.25, -0.2) is 4.79 Å². The van der Waals surface area contributed by atoms with Crippen molar-refractivity contribution in [1.29, 1.82) is 0 Å². The zero-order valence-corrected chi connectivity index (χ0v) is 18.4. The molecule has 34 heavy (non-hydrogen) atoms. The molecule has 2 aromatic rings. The molecule has 1 fully saturated rings. The standard InChI is InChI=1S/C24H18ClN3O6/c25-18-5-2-13(10-17(18)24(33)34)3-7-20(29)26-11-14-1-4-16-15(9-14)12-28(23(16)32)19-6-8-21(30)27-22(19)31/h1-2,4-5,9-10,19H,6,8,11-12H2,(H,26,29)(H,33,34)(H,27,30,31). The highest BCUT2D eigenvalue weighted by Gasteiger charge is 2.39. The molecular weight excluding hydrogens is 462 g/mol. The molecule has 2 aromatic carbocycles. The van der Waals surface area contributed by atoms with Crippen LogP contribution in [0.1, 0.15) is 50.2 Å². The molecule has 1 atom stereocenters. The van der Waals surface area contributed by atoms with Crippen molar-refractivity contribution < 1.29 is 29.1 Å². The predicted octanol–water partition coefficient (Wildman–Crippen LogP) is 1.47. The van der Waals surface area contributed by atoms with Gasteiger partial charge in [0.1, 0.15) is 6.04 Å². The summed E-state index contributed by atoms with van der Waals surface area (Å²) in [6, 6.07) is 8.65. The molecule has 9 nitrogen and oxygen atoms in total. The number of carbonyl (C=O) groups is 5. The van der Waals surface area contributed by atoms with Gasteiger partial charge >= 0.3 is 5.97 Å². The van der Waals surface area contributed by atoms with Gasteiger partial charge in [-0.3, -0.25) is 24.5 Å².